The van der Waals surface area contributed by atoms with Gasteiger partial charge in [-0.25, -0.2) is 4.39 Å². The Hall–Kier alpha value is -2.44. The smallest absolute Gasteiger partial charge is 0.272 e. The Morgan fingerprint density at radius 2 is 2.00 bits per heavy atom. The van der Waals surface area contributed by atoms with Gasteiger partial charge in [-0.05, 0) is 32.2 Å². The summed E-state index contributed by atoms with van der Waals surface area (Å²) in [7, 11) is 1.87. The molecule has 3 rings (SSSR count). The Morgan fingerprint density at radius 1 is 1.23 bits per heavy atom. The molecule has 7 heteroatoms. The van der Waals surface area contributed by atoms with E-state index in [4.69, 9.17) is 20.9 Å². The van der Waals surface area contributed by atoms with Gasteiger partial charge in [0.15, 0.2) is 5.82 Å². The molecule has 0 saturated heterocycles. The van der Waals surface area contributed by atoms with Crippen LogP contribution in [0.1, 0.15) is 30.3 Å². The number of likely N-dealkylation sites (N-methyl/N-ethyl adjacent to an activating group) is 1. The van der Waals surface area contributed by atoms with E-state index in [0.29, 0.717) is 23.9 Å². The van der Waals surface area contributed by atoms with Gasteiger partial charge in [-0.15, -0.1) is 0 Å². The SMILES string of the molecule is CNC(C)Cc1noc(C(Oc2ccc(F)cc2Cl)c2ccccc2)n1. The number of hydrogen-bond donors (Lipinski definition) is 1. The van der Waals surface area contributed by atoms with Crippen LogP contribution < -0.4 is 10.1 Å². The van der Waals surface area contributed by atoms with Crippen molar-refractivity contribution < 1.29 is 13.7 Å². The van der Waals surface area contributed by atoms with Crippen LogP contribution in [-0.2, 0) is 6.42 Å². The van der Waals surface area contributed by atoms with Crippen LogP contribution in [0.15, 0.2) is 53.1 Å². The molecule has 0 radical (unpaired) electrons. The van der Waals surface area contributed by atoms with Crippen LogP contribution in [0.5, 0.6) is 5.75 Å². The molecule has 1 aromatic heterocycles. The molecule has 0 fully saturated rings. The van der Waals surface area contributed by atoms with E-state index in [9.17, 15) is 4.39 Å². The average molecular weight is 376 g/mol. The van der Waals surface area contributed by atoms with Crippen molar-refractivity contribution >= 4 is 11.6 Å². The van der Waals surface area contributed by atoms with Crippen LogP contribution in [0, 0.1) is 5.82 Å². The summed E-state index contributed by atoms with van der Waals surface area (Å²) in [6.45, 7) is 2.03. The van der Waals surface area contributed by atoms with E-state index in [-0.39, 0.29) is 11.1 Å². The van der Waals surface area contributed by atoms with Crippen molar-refractivity contribution in [1.29, 1.82) is 0 Å². The van der Waals surface area contributed by atoms with Gasteiger partial charge in [-0.1, -0.05) is 47.1 Å². The molecule has 0 saturated carbocycles. The van der Waals surface area contributed by atoms with Gasteiger partial charge in [0.2, 0.25) is 6.10 Å². The van der Waals surface area contributed by atoms with E-state index in [2.05, 4.69) is 15.5 Å². The number of halogens is 2. The first-order valence-corrected chi connectivity index (χ1v) is 8.61. The van der Waals surface area contributed by atoms with E-state index < -0.39 is 11.9 Å². The zero-order chi connectivity index (χ0) is 18.5. The maximum Gasteiger partial charge on any atom is 0.272 e. The molecule has 26 heavy (non-hydrogen) atoms. The molecule has 0 spiro atoms. The highest BCUT2D eigenvalue weighted by Crippen LogP contribution is 2.32. The summed E-state index contributed by atoms with van der Waals surface area (Å²) >= 11 is 6.10. The molecule has 0 aliphatic carbocycles. The van der Waals surface area contributed by atoms with Crippen molar-refractivity contribution in [3.63, 3.8) is 0 Å². The largest absolute Gasteiger partial charge is 0.474 e. The standard InChI is InChI=1S/C19H19ClFN3O2/c1-12(22-2)10-17-23-19(26-24-17)18(13-6-4-3-5-7-13)25-16-9-8-14(21)11-15(16)20/h3-9,11-12,18,22H,10H2,1-2H3. The van der Waals surface area contributed by atoms with E-state index >= 15 is 0 Å². The molecule has 0 aliphatic heterocycles. The summed E-state index contributed by atoms with van der Waals surface area (Å²) < 4.78 is 24.7. The molecular formula is C19H19ClFN3O2. The minimum absolute atomic E-state index is 0.175. The minimum Gasteiger partial charge on any atom is -0.474 e. The molecule has 2 atom stereocenters. The van der Waals surface area contributed by atoms with E-state index in [1.807, 2.05) is 44.3 Å². The van der Waals surface area contributed by atoms with E-state index in [1.54, 1.807) is 0 Å². The number of ether oxygens (including phenoxy) is 1. The fourth-order valence-electron chi connectivity index (χ4n) is 2.42. The number of aromatic nitrogens is 2. The van der Waals surface area contributed by atoms with Crippen molar-refractivity contribution in [3.05, 3.63) is 76.6 Å². The van der Waals surface area contributed by atoms with E-state index in [0.717, 1.165) is 5.56 Å². The molecule has 0 amide bonds. The van der Waals surface area contributed by atoms with Gasteiger partial charge < -0.3 is 14.6 Å². The predicted octanol–water partition coefficient (Wildman–Crippen LogP) is 4.18. The predicted molar refractivity (Wildman–Crippen MR) is 96.8 cm³/mol. The highest BCUT2D eigenvalue weighted by molar-refractivity contribution is 6.32. The van der Waals surface area contributed by atoms with Crippen LogP contribution in [0.2, 0.25) is 5.02 Å². The second kappa shape index (κ2) is 8.29. The third kappa shape index (κ3) is 4.39. The molecule has 0 aliphatic rings. The average Bonchev–Trinajstić information content (AvgIpc) is 3.09. The first-order valence-electron chi connectivity index (χ1n) is 8.23. The third-order valence-corrected chi connectivity index (χ3v) is 4.23. The lowest BCUT2D eigenvalue weighted by molar-refractivity contribution is 0.193. The van der Waals surface area contributed by atoms with Gasteiger partial charge in [0.25, 0.3) is 5.89 Å². The van der Waals surface area contributed by atoms with Gasteiger partial charge in [-0.2, -0.15) is 4.98 Å². The highest BCUT2D eigenvalue weighted by Gasteiger charge is 2.24. The Bertz CT molecular complexity index is 857. The molecule has 1 N–H and O–H groups in total. The lowest BCUT2D eigenvalue weighted by atomic mass is 10.1. The quantitative estimate of drug-likeness (QED) is 0.671. The second-order valence-corrected chi connectivity index (χ2v) is 6.33. The van der Waals surface area contributed by atoms with Crippen LogP contribution in [0.25, 0.3) is 0 Å². The number of nitrogens with one attached hydrogen (secondary N) is 1. The minimum atomic E-state index is -0.648. The molecule has 2 unspecified atom stereocenters. The Kier molecular flexibility index (Phi) is 5.85. The lowest BCUT2D eigenvalue weighted by Gasteiger charge is -2.17. The summed E-state index contributed by atoms with van der Waals surface area (Å²) in [5.41, 5.74) is 0.824. The topological polar surface area (TPSA) is 60.2 Å². The molecule has 0 bridgehead atoms. The number of nitrogens with zero attached hydrogens (tertiary/aromatic N) is 2. The molecule has 3 aromatic rings. The normalized spacial score (nSPS) is 13.4. The maximum absolute atomic E-state index is 13.3. The summed E-state index contributed by atoms with van der Waals surface area (Å²) in [6.07, 6.45) is -0.0240. The van der Waals surface area contributed by atoms with Gasteiger partial charge in [0, 0.05) is 18.0 Å². The molecule has 1 heterocycles. The maximum atomic E-state index is 13.3. The van der Waals surface area contributed by atoms with Crippen molar-refractivity contribution in [1.82, 2.24) is 15.5 Å². The van der Waals surface area contributed by atoms with Crippen molar-refractivity contribution in [2.45, 2.75) is 25.5 Å². The second-order valence-electron chi connectivity index (χ2n) is 5.93. The molecule has 136 valence electrons. The van der Waals surface area contributed by atoms with Crippen LogP contribution in [0.3, 0.4) is 0 Å². The lowest BCUT2D eigenvalue weighted by Crippen LogP contribution is -2.24. The number of benzene rings is 2. The fraction of sp³-hybridized carbons (Fsp3) is 0.263. The monoisotopic (exact) mass is 375 g/mol. The van der Waals surface area contributed by atoms with Gasteiger partial charge in [0.05, 0.1) is 5.02 Å². The summed E-state index contributed by atoms with van der Waals surface area (Å²) in [5, 5.41) is 7.34. The van der Waals surface area contributed by atoms with E-state index in [1.165, 1.54) is 18.2 Å². The Balaban J connectivity index is 1.91. The van der Waals surface area contributed by atoms with Crippen molar-refractivity contribution in [3.8, 4) is 5.75 Å². The van der Waals surface area contributed by atoms with Crippen LogP contribution in [-0.4, -0.2) is 23.2 Å². The Morgan fingerprint density at radius 3 is 2.69 bits per heavy atom. The summed E-state index contributed by atoms with van der Waals surface area (Å²) in [6, 6.07) is 13.6. The zero-order valence-corrected chi connectivity index (χ0v) is 15.2. The van der Waals surface area contributed by atoms with Crippen molar-refractivity contribution in [2.24, 2.45) is 0 Å². The highest BCUT2D eigenvalue weighted by atomic mass is 35.5. The first kappa shape index (κ1) is 18.4. The van der Waals surface area contributed by atoms with Gasteiger partial charge in [0.1, 0.15) is 11.6 Å². The fourth-order valence-corrected chi connectivity index (χ4v) is 2.63. The van der Waals surface area contributed by atoms with Gasteiger partial charge >= 0.3 is 0 Å². The summed E-state index contributed by atoms with van der Waals surface area (Å²) in [5.74, 6) is 0.802. The Labute approximate surface area is 156 Å². The summed E-state index contributed by atoms with van der Waals surface area (Å²) in [4.78, 5) is 4.46. The number of hydrogen-bond acceptors (Lipinski definition) is 5. The van der Waals surface area contributed by atoms with Crippen LogP contribution in [0.4, 0.5) is 4.39 Å². The third-order valence-electron chi connectivity index (χ3n) is 3.93. The first-order chi connectivity index (χ1) is 12.6. The molecule has 2 aromatic carbocycles. The molecular weight excluding hydrogens is 357 g/mol. The van der Waals surface area contributed by atoms with Crippen LogP contribution >= 0.6 is 11.6 Å². The zero-order valence-electron chi connectivity index (χ0n) is 14.4. The number of rotatable bonds is 7. The van der Waals surface area contributed by atoms with Crippen molar-refractivity contribution in [2.75, 3.05) is 7.05 Å². The van der Waals surface area contributed by atoms with Gasteiger partial charge in [-0.3, -0.25) is 0 Å². The molecule has 5 nitrogen and oxygen atoms in total.